The molecule has 0 aliphatic rings. The van der Waals surface area contributed by atoms with E-state index in [1.54, 1.807) is 0 Å². The van der Waals surface area contributed by atoms with Crippen molar-refractivity contribution in [1.82, 2.24) is 0 Å². The molecule has 0 radical (unpaired) electrons. The summed E-state index contributed by atoms with van der Waals surface area (Å²) in [5.41, 5.74) is -0.486. The van der Waals surface area contributed by atoms with Gasteiger partial charge in [0.2, 0.25) is 17.2 Å². The van der Waals surface area contributed by atoms with E-state index in [1.807, 2.05) is 0 Å². The number of aromatic hydroxyl groups is 4. The molecule has 3 aromatic rings. The molecule has 4 N–H and O–H groups in total. The first-order valence-electron chi connectivity index (χ1n) is 6.52. The van der Waals surface area contributed by atoms with Gasteiger partial charge in [0.25, 0.3) is 0 Å². The van der Waals surface area contributed by atoms with Crippen LogP contribution in [0.25, 0.3) is 22.3 Å². The second-order valence-corrected chi connectivity index (χ2v) is 4.80. The molecule has 0 saturated carbocycles. The SMILES string of the molecule is COc1c(O)c(O)c2c(=O)cc(-c3ccc(O)cc3)oc2c1O. The van der Waals surface area contributed by atoms with Gasteiger partial charge in [-0.1, -0.05) is 0 Å². The summed E-state index contributed by atoms with van der Waals surface area (Å²) in [4.78, 5) is 12.2. The number of rotatable bonds is 2. The highest BCUT2D eigenvalue weighted by atomic mass is 16.5. The molecule has 23 heavy (non-hydrogen) atoms. The van der Waals surface area contributed by atoms with Crippen molar-refractivity contribution in [2.75, 3.05) is 7.11 Å². The van der Waals surface area contributed by atoms with E-state index >= 15 is 0 Å². The molecule has 0 atom stereocenters. The summed E-state index contributed by atoms with van der Waals surface area (Å²) < 4.78 is 10.3. The van der Waals surface area contributed by atoms with Gasteiger partial charge in [0.1, 0.15) is 16.9 Å². The lowest BCUT2D eigenvalue weighted by Crippen LogP contribution is -2.02. The molecule has 3 rings (SSSR count). The zero-order valence-electron chi connectivity index (χ0n) is 11.9. The molecule has 0 spiro atoms. The average molecular weight is 316 g/mol. The fourth-order valence-corrected chi connectivity index (χ4v) is 2.29. The number of phenols is 4. The Morgan fingerprint density at radius 3 is 2.22 bits per heavy atom. The Morgan fingerprint density at radius 1 is 0.957 bits per heavy atom. The maximum atomic E-state index is 12.2. The molecule has 1 aromatic heterocycles. The van der Waals surface area contributed by atoms with Crippen LogP contribution in [0.2, 0.25) is 0 Å². The molecule has 1 heterocycles. The van der Waals surface area contributed by atoms with Crippen LogP contribution < -0.4 is 10.2 Å². The third-order valence-corrected chi connectivity index (χ3v) is 3.41. The zero-order valence-corrected chi connectivity index (χ0v) is 11.9. The number of hydrogen-bond acceptors (Lipinski definition) is 7. The Kier molecular flexibility index (Phi) is 3.25. The minimum atomic E-state index is -0.748. The van der Waals surface area contributed by atoms with E-state index in [-0.39, 0.29) is 22.5 Å². The molecule has 118 valence electrons. The predicted molar refractivity (Wildman–Crippen MR) is 81.1 cm³/mol. The van der Waals surface area contributed by atoms with Crippen molar-refractivity contribution >= 4 is 11.0 Å². The van der Waals surface area contributed by atoms with Crippen molar-refractivity contribution in [3.8, 4) is 40.1 Å². The molecular weight excluding hydrogens is 304 g/mol. The highest BCUT2D eigenvalue weighted by Crippen LogP contribution is 2.48. The fourth-order valence-electron chi connectivity index (χ4n) is 2.29. The largest absolute Gasteiger partial charge is 0.508 e. The standard InChI is InChI=1S/C16H12O7/c1-22-16-13(20)12(19)11-9(18)6-10(23-15(11)14(16)21)7-2-4-8(17)5-3-7/h2-6,17,19-21H,1H3. The number of methoxy groups -OCH3 is 1. The van der Waals surface area contributed by atoms with Crippen LogP contribution in [0, 0.1) is 0 Å². The van der Waals surface area contributed by atoms with Gasteiger partial charge in [0, 0.05) is 11.6 Å². The van der Waals surface area contributed by atoms with Crippen LogP contribution >= 0.6 is 0 Å². The summed E-state index contributed by atoms with van der Waals surface area (Å²) in [5.74, 6) is -2.33. The van der Waals surface area contributed by atoms with Crippen LogP contribution in [-0.2, 0) is 0 Å². The van der Waals surface area contributed by atoms with Crippen LogP contribution in [0.1, 0.15) is 0 Å². The van der Waals surface area contributed by atoms with Crippen LogP contribution in [0.4, 0.5) is 0 Å². The quantitative estimate of drug-likeness (QED) is 0.423. The predicted octanol–water partition coefficient (Wildman–Crippen LogP) is 2.29. The first-order valence-corrected chi connectivity index (χ1v) is 6.52. The Labute approximate surface area is 129 Å². The molecular formula is C16H12O7. The van der Waals surface area contributed by atoms with Gasteiger partial charge in [0.15, 0.2) is 16.8 Å². The van der Waals surface area contributed by atoms with Crippen molar-refractivity contribution in [1.29, 1.82) is 0 Å². The number of phenolic OH excluding ortho intramolecular Hbond substituents is 4. The lowest BCUT2D eigenvalue weighted by molar-refractivity contribution is 0.330. The summed E-state index contributed by atoms with van der Waals surface area (Å²) in [6.45, 7) is 0. The van der Waals surface area contributed by atoms with Crippen molar-refractivity contribution in [3.05, 3.63) is 40.6 Å². The van der Waals surface area contributed by atoms with Crippen LogP contribution in [0.5, 0.6) is 28.7 Å². The van der Waals surface area contributed by atoms with E-state index in [2.05, 4.69) is 0 Å². The van der Waals surface area contributed by atoms with Gasteiger partial charge in [0.05, 0.1) is 7.11 Å². The highest BCUT2D eigenvalue weighted by molar-refractivity contribution is 5.94. The lowest BCUT2D eigenvalue weighted by Gasteiger charge is -2.11. The van der Waals surface area contributed by atoms with Gasteiger partial charge in [-0.2, -0.15) is 0 Å². The van der Waals surface area contributed by atoms with Gasteiger partial charge in [-0.25, -0.2) is 0 Å². The second-order valence-electron chi connectivity index (χ2n) is 4.80. The maximum absolute atomic E-state index is 12.2. The van der Waals surface area contributed by atoms with Gasteiger partial charge >= 0.3 is 0 Å². The summed E-state index contributed by atoms with van der Waals surface area (Å²) in [6, 6.07) is 6.98. The lowest BCUT2D eigenvalue weighted by atomic mass is 10.1. The number of benzene rings is 2. The van der Waals surface area contributed by atoms with Crippen LogP contribution in [0.3, 0.4) is 0 Å². The molecule has 0 aliphatic carbocycles. The Balaban J connectivity index is 2.38. The molecule has 0 fully saturated rings. The maximum Gasteiger partial charge on any atom is 0.210 e. The third kappa shape index (κ3) is 2.18. The Bertz CT molecular complexity index is 955. The van der Waals surface area contributed by atoms with E-state index in [0.717, 1.165) is 6.07 Å². The minimum absolute atomic E-state index is 0.0453. The summed E-state index contributed by atoms with van der Waals surface area (Å²) in [6.07, 6.45) is 0. The van der Waals surface area contributed by atoms with Gasteiger partial charge in [-0.3, -0.25) is 4.79 Å². The first-order chi connectivity index (χ1) is 10.9. The smallest absolute Gasteiger partial charge is 0.210 e. The molecule has 7 nitrogen and oxygen atoms in total. The normalized spacial score (nSPS) is 10.8. The number of ether oxygens (including phenoxy) is 1. The van der Waals surface area contributed by atoms with Crippen molar-refractivity contribution in [2.45, 2.75) is 0 Å². The molecule has 0 saturated heterocycles. The van der Waals surface area contributed by atoms with Gasteiger partial charge < -0.3 is 29.6 Å². The van der Waals surface area contributed by atoms with Crippen molar-refractivity contribution in [3.63, 3.8) is 0 Å². The van der Waals surface area contributed by atoms with Crippen molar-refractivity contribution in [2.24, 2.45) is 0 Å². The van der Waals surface area contributed by atoms with Gasteiger partial charge in [-0.05, 0) is 24.3 Å². The Hall–Kier alpha value is -3.35. The van der Waals surface area contributed by atoms with E-state index < -0.39 is 28.4 Å². The number of hydrogen-bond donors (Lipinski definition) is 4. The summed E-state index contributed by atoms with van der Waals surface area (Å²) in [5, 5.41) is 38.8. The molecule has 0 unspecified atom stereocenters. The van der Waals surface area contributed by atoms with E-state index in [0.29, 0.717) is 5.56 Å². The molecule has 0 amide bonds. The van der Waals surface area contributed by atoms with E-state index in [9.17, 15) is 25.2 Å². The molecule has 0 aliphatic heterocycles. The average Bonchev–Trinajstić information content (AvgIpc) is 2.53. The third-order valence-electron chi connectivity index (χ3n) is 3.41. The van der Waals surface area contributed by atoms with Crippen LogP contribution in [0.15, 0.2) is 39.5 Å². The molecule has 7 heteroatoms. The minimum Gasteiger partial charge on any atom is -0.508 e. The topological polar surface area (TPSA) is 120 Å². The molecule has 0 bridgehead atoms. The van der Waals surface area contributed by atoms with E-state index in [4.69, 9.17) is 9.15 Å². The zero-order chi connectivity index (χ0) is 16.7. The van der Waals surface area contributed by atoms with Crippen molar-refractivity contribution < 1.29 is 29.6 Å². The van der Waals surface area contributed by atoms with Crippen LogP contribution in [-0.4, -0.2) is 27.5 Å². The summed E-state index contributed by atoms with van der Waals surface area (Å²) >= 11 is 0. The first kappa shape index (κ1) is 14.6. The molecule has 2 aromatic carbocycles. The second kappa shape index (κ2) is 5.13. The van der Waals surface area contributed by atoms with E-state index in [1.165, 1.54) is 31.4 Å². The number of fused-ring (bicyclic) bond motifs is 1. The van der Waals surface area contributed by atoms with Gasteiger partial charge in [-0.15, -0.1) is 0 Å². The monoisotopic (exact) mass is 316 g/mol. The highest BCUT2D eigenvalue weighted by Gasteiger charge is 2.24. The summed E-state index contributed by atoms with van der Waals surface area (Å²) in [7, 11) is 1.18. The Morgan fingerprint density at radius 2 is 1.61 bits per heavy atom. The fraction of sp³-hybridized carbons (Fsp3) is 0.0625.